The predicted octanol–water partition coefficient (Wildman–Crippen LogP) is 1.00. The van der Waals surface area contributed by atoms with Gasteiger partial charge in [0.15, 0.2) is 0 Å². The number of methoxy groups -OCH3 is 1. The maximum absolute atomic E-state index is 11.9. The maximum atomic E-state index is 11.9. The van der Waals surface area contributed by atoms with E-state index in [0.29, 0.717) is 24.3 Å². The van der Waals surface area contributed by atoms with Crippen LogP contribution in [0.3, 0.4) is 0 Å². The summed E-state index contributed by atoms with van der Waals surface area (Å²) in [6, 6.07) is 0. The van der Waals surface area contributed by atoms with E-state index < -0.39 is 0 Å². The number of ether oxygens (including phenoxy) is 1. The van der Waals surface area contributed by atoms with Crippen molar-refractivity contribution in [3.05, 3.63) is 0 Å². The maximum Gasteiger partial charge on any atom is 0.223 e. The van der Waals surface area contributed by atoms with Gasteiger partial charge < -0.3 is 15.4 Å². The Balaban J connectivity index is 2.03. The molecule has 1 heterocycles. The van der Waals surface area contributed by atoms with Gasteiger partial charge in [-0.05, 0) is 18.3 Å². The number of nitrogens with zero attached hydrogens (tertiary/aromatic N) is 1. The molecule has 0 radical (unpaired) electrons. The lowest BCUT2D eigenvalue weighted by molar-refractivity contribution is -0.130. The largest absolute Gasteiger partial charge is 0.384 e. The number of hydrogen-bond acceptors (Lipinski definition) is 3. The van der Waals surface area contributed by atoms with E-state index in [0.717, 1.165) is 19.7 Å². The Morgan fingerprint density at radius 1 is 1.47 bits per heavy atom. The zero-order valence-electron chi connectivity index (χ0n) is 10.8. The lowest BCUT2D eigenvalue weighted by atomic mass is 9.77. The first-order valence-corrected chi connectivity index (χ1v) is 6.68. The van der Waals surface area contributed by atoms with Crippen LogP contribution in [0.25, 0.3) is 0 Å². The number of carbonyl (C=O) groups excluding carboxylic acids is 1. The molecule has 0 aromatic carbocycles. The molecule has 1 saturated heterocycles. The summed E-state index contributed by atoms with van der Waals surface area (Å²) in [5.41, 5.74) is 5.81. The van der Waals surface area contributed by atoms with Crippen LogP contribution in [0.1, 0.15) is 32.1 Å². The lowest BCUT2D eigenvalue weighted by Gasteiger charge is -2.29. The van der Waals surface area contributed by atoms with Crippen LogP contribution in [-0.2, 0) is 9.53 Å². The van der Waals surface area contributed by atoms with Crippen molar-refractivity contribution in [2.45, 2.75) is 32.1 Å². The summed E-state index contributed by atoms with van der Waals surface area (Å²) in [5.74, 6) is 0.745. The van der Waals surface area contributed by atoms with Gasteiger partial charge in [0, 0.05) is 39.1 Å². The molecule has 2 fully saturated rings. The van der Waals surface area contributed by atoms with E-state index in [4.69, 9.17) is 10.5 Å². The first-order chi connectivity index (χ1) is 8.22. The predicted molar refractivity (Wildman–Crippen MR) is 66.5 cm³/mol. The highest BCUT2D eigenvalue weighted by molar-refractivity contribution is 5.76. The third-order valence-corrected chi connectivity index (χ3v) is 4.49. The number of nitrogens with two attached hydrogens (primary N) is 1. The minimum Gasteiger partial charge on any atom is -0.384 e. The Labute approximate surface area is 103 Å². The molecule has 1 atom stereocenters. The molecule has 98 valence electrons. The second kappa shape index (κ2) is 5.36. The highest BCUT2D eigenvalue weighted by Gasteiger charge is 2.48. The zero-order valence-corrected chi connectivity index (χ0v) is 10.8. The van der Waals surface area contributed by atoms with E-state index in [1.807, 2.05) is 4.90 Å². The van der Waals surface area contributed by atoms with Gasteiger partial charge in [-0.25, -0.2) is 0 Å². The third-order valence-electron chi connectivity index (χ3n) is 4.49. The van der Waals surface area contributed by atoms with Gasteiger partial charge in [0.05, 0.1) is 6.61 Å². The van der Waals surface area contributed by atoms with Gasteiger partial charge in [0.1, 0.15) is 0 Å². The lowest BCUT2D eigenvalue weighted by Crippen LogP contribution is -2.32. The SMILES string of the molecule is COC[C@@H]1CN(C(=O)CCN)CC12CCCC2. The molecule has 2 N–H and O–H groups in total. The van der Waals surface area contributed by atoms with Crippen molar-refractivity contribution in [1.29, 1.82) is 0 Å². The molecule has 0 bridgehead atoms. The normalized spacial score (nSPS) is 26.9. The number of carbonyl (C=O) groups is 1. The molecule has 0 unspecified atom stereocenters. The highest BCUT2D eigenvalue weighted by Crippen LogP contribution is 2.49. The van der Waals surface area contributed by atoms with Crippen LogP contribution in [0.15, 0.2) is 0 Å². The monoisotopic (exact) mass is 240 g/mol. The first-order valence-electron chi connectivity index (χ1n) is 6.68. The van der Waals surface area contributed by atoms with E-state index in [1.54, 1.807) is 7.11 Å². The summed E-state index contributed by atoms with van der Waals surface area (Å²) in [6.45, 7) is 3.04. The molecule has 0 aromatic heterocycles. The van der Waals surface area contributed by atoms with Crippen LogP contribution in [0, 0.1) is 11.3 Å². The Kier molecular flexibility index (Phi) is 4.05. The summed E-state index contributed by atoms with van der Waals surface area (Å²) in [6.07, 6.45) is 5.61. The van der Waals surface area contributed by atoms with Crippen LogP contribution < -0.4 is 5.73 Å². The fourth-order valence-corrected chi connectivity index (χ4v) is 3.58. The van der Waals surface area contributed by atoms with Gasteiger partial charge in [0.2, 0.25) is 5.91 Å². The van der Waals surface area contributed by atoms with Crippen molar-refractivity contribution >= 4 is 5.91 Å². The van der Waals surface area contributed by atoms with Crippen molar-refractivity contribution in [3.63, 3.8) is 0 Å². The van der Waals surface area contributed by atoms with Gasteiger partial charge >= 0.3 is 0 Å². The minimum absolute atomic E-state index is 0.220. The first kappa shape index (κ1) is 12.8. The van der Waals surface area contributed by atoms with Gasteiger partial charge in [-0.15, -0.1) is 0 Å². The minimum atomic E-state index is 0.220. The van der Waals surface area contributed by atoms with Crippen molar-refractivity contribution in [2.24, 2.45) is 17.1 Å². The summed E-state index contributed by atoms with van der Waals surface area (Å²) >= 11 is 0. The Morgan fingerprint density at radius 2 is 2.18 bits per heavy atom. The summed E-state index contributed by atoms with van der Waals surface area (Å²) in [5, 5.41) is 0. The molecule has 1 aliphatic heterocycles. The molecule has 1 spiro atoms. The quantitative estimate of drug-likeness (QED) is 0.797. The van der Waals surface area contributed by atoms with Gasteiger partial charge in [-0.2, -0.15) is 0 Å². The molecule has 2 rings (SSSR count). The van der Waals surface area contributed by atoms with Crippen LogP contribution >= 0.6 is 0 Å². The van der Waals surface area contributed by atoms with Gasteiger partial charge in [-0.1, -0.05) is 12.8 Å². The smallest absolute Gasteiger partial charge is 0.223 e. The average Bonchev–Trinajstić information content (AvgIpc) is 2.90. The fourth-order valence-electron chi connectivity index (χ4n) is 3.58. The molecule has 4 heteroatoms. The fraction of sp³-hybridized carbons (Fsp3) is 0.923. The van der Waals surface area contributed by atoms with Crippen LogP contribution in [0.4, 0.5) is 0 Å². The summed E-state index contributed by atoms with van der Waals surface area (Å²) < 4.78 is 5.34. The van der Waals surface area contributed by atoms with Crippen molar-refractivity contribution < 1.29 is 9.53 Å². The number of hydrogen-bond donors (Lipinski definition) is 1. The topological polar surface area (TPSA) is 55.6 Å². The van der Waals surface area contributed by atoms with E-state index in [-0.39, 0.29) is 5.91 Å². The van der Waals surface area contributed by atoms with Crippen LogP contribution in [0.5, 0.6) is 0 Å². The average molecular weight is 240 g/mol. The van der Waals surface area contributed by atoms with Gasteiger partial charge in [-0.3, -0.25) is 4.79 Å². The number of likely N-dealkylation sites (tertiary alicyclic amines) is 1. The molecule has 17 heavy (non-hydrogen) atoms. The number of amides is 1. The van der Waals surface area contributed by atoms with Crippen molar-refractivity contribution in [2.75, 3.05) is 33.4 Å². The zero-order chi connectivity index (χ0) is 12.3. The number of rotatable bonds is 4. The van der Waals surface area contributed by atoms with E-state index in [2.05, 4.69) is 0 Å². The van der Waals surface area contributed by atoms with E-state index in [1.165, 1.54) is 25.7 Å². The van der Waals surface area contributed by atoms with Crippen molar-refractivity contribution in [3.8, 4) is 0 Å². The summed E-state index contributed by atoms with van der Waals surface area (Å²) in [4.78, 5) is 14.0. The van der Waals surface area contributed by atoms with Crippen LogP contribution in [-0.4, -0.2) is 44.2 Å². The molecule has 1 amide bonds. The van der Waals surface area contributed by atoms with E-state index >= 15 is 0 Å². The Bertz CT molecular complexity index is 275. The molecular weight excluding hydrogens is 216 g/mol. The molecule has 0 aromatic rings. The molecule has 1 saturated carbocycles. The Morgan fingerprint density at radius 3 is 2.76 bits per heavy atom. The Hall–Kier alpha value is -0.610. The molecule has 2 aliphatic rings. The van der Waals surface area contributed by atoms with Crippen LogP contribution in [0.2, 0.25) is 0 Å². The molecule has 1 aliphatic carbocycles. The van der Waals surface area contributed by atoms with Crippen molar-refractivity contribution in [1.82, 2.24) is 4.90 Å². The highest BCUT2D eigenvalue weighted by atomic mass is 16.5. The van der Waals surface area contributed by atoms with E-state index in [9.17, 15) is 4.79 Å². The third kappa shape index (κ3) is 2.47. The molecular formula is C13H24N2O2. The second-order valence-electron chi connectivity index (χ2n) is 5.53. The van der Waals surface area contributed by atoms with Gasteiger partial charge in [0.25, 0.3) is 0 Å². The summed E-state index contributed by atoms with van der Waals surface area (Å²) in [7, 11) is 1.76. The standard InChI is InChI=1S/C13H24N2O2/c1-17-9-11-8-15(12(16)4-7-14)10-13(11)5-2-3-6-13/h11H,2-10,14H2,1H3/t11-/m0/s1. The molecule has 4 nitrogen and oxygen atoms in total. The second-order valence-corrected chi connectivity index (χ2v) is 5.53.